The van der Waals surface area contributed by atoms with Gasteiger partial charge in [0.1, 0.15) is 0 Å². The van der Waals surface area contributed by atoms with Gasteiger partial charge in [-0.2, -0.15) is 4.80 Å². The van der Waals surface area contributed by atoms with Gasteiger partial charge in [-0.3, -0.25) is 9.78 Å². The summed E-state index contributed by atoms with van der Waals surface area (Å²) in [5.74, 6) is 0.622. The van der Waals surface area contributed by atoms with E-state index in [9.17, 15) is 4.79 Å². The maximum Gasteiger partial charge on any atom is 0.254 e. The van der Waals surface area contributed by atoms with Gasteiger partial charge >= 0.3 is 0 Å². The molecule has 3 heterocycles. The first kappa shape index (κ1) is 16.4. The number of hydrogen-bond acceptors (Lipinski definition) is 5. The van der Waals surface area contributed by atoms with Gasteiger partial charge in [-0.1, -0.05) is 17.7 Å². The van der Waals surface area contributed by atoms with Crippen molar-refractivity contribution in [3.05, 3.63) is 59.9 Å². The van der Waals surface area contributed by atoms with E-state index in [-0.39, 0.29) is 11.9 Å². The van der Waals surface area contributed by atoms with Gasteiger partial charge in [0.15, 0.2) is 0 Å². The Hall–Kier alpha value is -3.09. The third kappa shape index (κ3) is 3.33. The van der Waals surface area contributed by atoms with Crippen LogP contribution in [0.15, 0.2) is 48.8 Å². The molecule has 0 aliphatic carbocycles. The summed E-state index contributed by atoms with van der Waals surface area (Å²) < 4.78 is 0. The van der Waals surface area contributed by atoms with E-state index in [1.54, 1.807) is 17.2 Å². The SMILES string of the molecule is Cc1cccc(C(=O)N2CCC[C@@H]2Cn2nnc(-c3cccnc3)n2)c1. The van der Waals surface area contributed by atoms with Gasteiger partial charge in [0.25, 0.3) is 5.91 Å². The van der Waals surface area contributed by atoms with Gasteiger partial charge in [-0.15, -0.1) is 10.2 Å². The maximum atomic E-state index is 12.9. The fourth-order valence-electron chi connectivity index (χ4n) is 3.36. The summed E-state index contributed by atoms with van der Waals surface area (Å²) in [7, 11) is 0. The molecular weight excluding hydrogens is 328 g/mol. The van der Waals surface area contributed by atoms with E-state index >= 15 is 0 Å². The van der Waals surface area contributed by atoms with Crippen molar-refractivity contribution in [2.24, 2.45) is 0 Å². The van der Waals surface area contributed by atoms with Gasteiger partial charge < -0.3 is 4.90 Å². The standard InChI is InChI=1S/C19H20N6O/c1-14-5-2-6-15(11-14)19(26)24-10-4-8-17(24)13-25-22-18(21-23-25)16-7-3-9-20-12-16/h2-3,5-7,9,11-12,17H,4,8,10,13H2,1H3/t17-/m1/s1. The van der Waals surface area contributed by atoms with Crippen LogP contribution in [0.25, 0.3) is 11.4 Å². The summed E-state index contributed by atoms with van der Waals surface area (Å²) in [5.41, 5.74) is 2.66. The topological polar surface area (TPSA) is 76.8 Å². The number of pyridine rings is 1. The summed E-state index contributed by atoms with van der Waals surface area (Å²) in [4.78, 5) is 20.5. The zero-order valence-electron chi connectivity index (χ0n) is 14.6. The van der Waals surface area contributed by atoms with Gasteiger partial charge in [-0.25, -0.2) is 0 Å². The molecule has 26 heavy (non-hydrogen) atoms. The molecule has 0 radical (unpaired) electrons. The smallest absolute Gasteiger partial charge is 0.254 e. The lowest BCUT2D eigenvalue weighted by molar-refractivity contribution is 0.0717. The van der Waals surface area contributed by atoms with Crippen molar-refractivity contribution < 1.29 is 4.79 Å². The first-order chi connectivity index (χ1) is 12.7. The van der Waals surface area contributed by atoms with Crippen molar-refractivity contribution in [1.29, 1.82) is 0 Å². The predicted octanol–water partition coefficient (Wildman–Crippen LogP) is 2.35. The lowest BCUT2D eigenvalue weighted by atomic mass is 10.1. The molecule has 1 aromatic carbocycles. The van der Waals surface area contributed by atoms with Crippen molar-refractivity contribution in [3.63, 3.8) is 0 Å². The highest BCUT2D eigenvalue weighted by Gasteiger charge is 2.30. The van der Waals surface area contributed by atoms with Crippen LogP contribution in [0, 0.1) is 6.92 Å². The first-order valence-corrected chi connectivity index (χ1v) is 8.76. The molecule has 7 nitrogen and oxygen atoms in total. The lowest BCUT2D eigenvalue weighted by Gasteiger charge is -2.24. The predicted molar refractivity (Wildman–Crippen MR) is 96.3 cm³/mol. The van der Waals surface area contributed by atoms with Crippen molar-refractivity contribution in [1.82, 2.24) is 30.1 Å². The Kier molecular flexibility index (Phi) is 4.43. The Morgan fingerprint density at radius 2 is 2.19 bits per heavy atom. The Morgan fingerprint density at radius 3 is 3.00 bits per heavy atom. The Balaban J connectivity index is 1.49. The molecule has 1 aliphatic heterocycles. The van der Waals surface area contributed by atoms with Crippen LogP contribution in [0.5, 0.6) is 0 Å². The number of aromatic nitrogens is 5. The molecule has 4 rings (SSSR count). The van der Waals surface area contributed by atoms with Crippen LogP contribution in [0.4, 0.5) is 0 Å². The number of carbonyl (C=O) groups is 1. The third-order valence-electron chi connectivity index (χ3n) is 4.65. The minimum atomic E-state index is 0.0730. The molecule has 1 aliphatic rings. The fraction of sp³-hybridized carbons (Fsp3) is 0.316. The summed E-state index contributed by atoms with van der Waals surface area (Å²) in [6.07, 6.45) is 5.36. The molecule has 3 aromatic rings. The highest BCUT2D eigenvalue weighted by atomic mass is 16.2. The van der Waals surface area contributed by atoms with Crippen LogP contribution >= 0.6 is 0 Å². The highest BCUT2D eigenvalue weighted by molar-refractivity contribution is 5.94. The Bertz CT molecular complexity index is 907. The number of hydrogen-bond donors (Lipinski definition) is 0. The van der Waals surface area contributed by atoms with Gasteiger partial charge in [-0.05, 0) is 49.2 Å². The number of aryl methyl sites for hydroxylation is 1. The monoisotopic (exact) mass is 348 g/mol. The molecule has 2 aromatic heterocycles. The number of tetrazole rings is 1. The summed E-state index contributed by atoms with van der Waals surface area (Å²) in [6, 6.07) is 11.6. The average molecular weight is 348 g/mol. The zero-order chi connectivity index (χ0) is 17.9. The quantitative estimate of drug-likeness (QED) is 0.723. The summed E-state index contributed by atoms with van der Waals surface area (Å²) in [5, 5.41) is 12.7. The van der Waals surface area contributed by atoms with Crippen LogP contribution in [-0.4, -0.2) is 48.6 Å². The van der Waals surface area contributed by atoms with Crippen LogP contribution < -0.4 is 0 Å². The molecule has 0 saturated carbocycles. The number of amides is 1. The number of nitrogens with zero attached hydrogens (tertiary/aromatic N) is 6. The van der Waals surface area contributed by atoms with E-state index in [1.165, 1.54) is 0 Å². The molecule has 1 saturated heterocycles. The number of benzene rings is 1. The van der Waals surface area contributed by atoms with Gasteiger partial charge in [0.2, 0.25) is 5.82 Å². The second-order valence-corrected chi connectivity index (χ2v) is 6.57. The second kappa shape index (κ2) is 7.03. The largest absolute Gasteiger partial charge is 0.334 e. The number of rotatable bonds is 4. The summed E-state index contributed by atoms with van der Waals surface area (Å²) in [6.45, 7) is 3.31. The zero-order valence-corrected chi connectivity index (χ0v) is 14.6. The van der Waals surface area contributed by atoms with Crippen molar-refractivity contribution in [3.8, 4) is 11.4 Å². The molecule has 0 spiro atoms. The lowest BCUT2D eigenvalue weighted by Crippen LogP contribution is -2.38. The van der Waals surface area contributed by atoms with Crippen molar-refractivity contribution in [2.45, 2.75) is 32.4 Å². The summed E-state index contributed by atoms with van der Waals surface area (Å²) >= 11 is 0. The normalized spacial score (nSPS) is 16.8. The Labute approximate surface area is 151 Å². The number of likely N-dealkylation sites (tertiary alicyclic amines) is 1. The molecule has 7 heteroatoms. The van der Waals surface area contributed by atoms with Crippen LogP contribution in [0.1, 0.15) is 28.8 Å². The molecule has 1 atom stereocenters. The van der Waals surface area contributed by atoms with Crippen molar-refractivity contribution >= 4 is 5.91 Å². The van der Waals surface area contributed by atoms with Crippen molar-refractivity contribution in [2.75, 3.05) is 6.54 Å². The third-order valence-corrected chi connectivity index (χ3v) is 4.65. The minimum Gasteiger partial charge on any atom is -0.334 e. The van der Waals surface area contributed by atoms with E-state index < -0.39 is 0 Å². The molecule has 1 amide bonds. The van der Waals surface area contributed by atoms with Crippen LogP contribution in [0.3, 0.4) is 0 Å². The van der Waals surface area contributed by atoms with E-state index in [4.69, 9.17) is 0 Å². The van der Waals surface area contributed by atoms with Crippen LogP contribution in [-0.2, 0) is 6.54 Å². The molecule has 0 bridgehead atoms. The Morgan fingerprint density at radius 1 is 1.27 bits per heavy atom. The van der Waals surface area contributed by atoms with Gasteiger partial charge in [0.05, 0.1) is 12.6 Å². The number of carbonyl (C=O) groups excluding carboxylic acids is 1. The molecule has 132 valence electrons. The average Bonchev–Trinajstić information content (AvgIpc) is 3.32. The highest BCUT2D eigenvalue weighted by Crippen LogP contribution is 2.22. The molecule has 0 unspecified atom stereocenters. The van der Waals surface area contributed by atoms with E-state index in [0.717, 1.165) is 36.1 Å². The minimum absolute atomic E-state index is 0.0730. The van der Waals surface area contributed by atoms with E-state index in [1.807, 2.05) is 48.2 Å². The van der Waals surface area contributed by atoms with Crippen LogP contribution in [0.2, 0.25) is 0 Å². The molecular formula is C19H20N6O. The van der Waals surface area contributed by atoms with E-state index in [0.29, 0.717) is 12.4 Å². The first-order valence-electron chi connectivity index (χ1n) is 8.76. The maximum absolute atomic E-state index is 12.9. The molecule has 1 fully saturated rings. The van der Waals surface area contributed by atoms with E-state index in [2.05, 4.69) is 20.4 Å². The second-order valence-electron chi connectivity index (χ2n) is 6.57. The molecule has 0 N–H and O–H groups in total. The van der Waals surface area contributed by atoms with Gasteiger partial charge in [0, 0.05) is 30.1 Å². The fourth-order valence-corrected chi connectivity index (χ4v) is 3.36.